The van der Waals surface area contributed by atoms with Crippen molar-refractivity contribution in [2.45, 2.75) is 19.8 Å². The number of hydrogen-bond donors (Lipinski definition) is 0. The fourth-order valence-electron chi connectivity index (χ4n) is 0.289. The van der Waals surface area contributed by atoms with E-state index in [1.165, 1.54) is 12.8 Å². The lowest BCUT2D eigenvalue weighted by atomic mass is 10.4. The second kappa shape index (κ2) is 16.6. The zero-order valence-corrected chi connectivity index (χ0v) is 11.7. The Labute approximate surface area is 87.2 Å². The molecule has 0 rings (SSSR count). The summed E-state index contributed by atoms with van der Waals surface area (Å²) in [7, 11) is 1.73. The van der Waals surface area contributed by atoms with Crippen molar-refractivity contribution in [3.8, 4) is 0 Å². The Morgan fingerprint density at radius 3 is 2.00 bits per heavy atom. The van der Waals surface area contributed by atoms with Crippen LogP contribution in [0.5, 0.6) is 0 Å². The highest BCUT2D eigenvalue weighted by Crippen LogP contribution is 1.83. The fraction of sp³-hybridized carbons (Fsp3) is 1.00. The number of methoxy groups -OCH3 is 1. The number of rotatable bonds is 3. The van der Waals surface area contributed by atoms with Gasteiger partial charge in [0.25, 0.3) is 0 Å². The van der Waals surface area contributed by atoms with Gasteiger partial charge in [0.15, 0.2) is 0 Å². The lowest BCUT2D eigenvalue weighted by Crippen LogP contribution is -1.84. The van der Waals surface area contributed by atoms with Gasteiger partial charge >= 0.3 is 12.6 Å². The van der Waals surface area contributed by atoms with E-state index in [4.69, 9.17) is 4.74 Å². The minimum absolute atomic E-state index is 0.357. The van der Waals surface area contributed by atoms with E-state index < -0.39 is 0 Å². The molecule has 4 heteroatoms. The van der Waals surface area contributed by atoms with Gasteiger partial charge in [-0.3, -0.25) is 37.7 Å². The summed E-state index contributed by atoms with van der Waals surface area (Å²) in [5.74, 6) is 0. The van der Waals surface area contributed by atoms with Gasteiger partial charge < -0.3 is 4.74 Å². The smallest absolute Gasteiger partial charge is 0.385 e. The summed E-state index contributed by atoms with van der Waals surface area (Å²) < 4.78 is 4.78. The number of ether oxygens (including phenoxy) is 1. The van der Waals surface area contributed by atoms with Crippen molar-refractivity contribution in [1.82, 2.24) is 0 Å². The van der Waals surface area contributed by atoms with Crippen molar-refractivity contribution >= 4 is 50.3 Å². The maximum Gasteiger partial charge on any atom is 0.552 e. The lowest BCUT2D eigenvalue weighted by Gasteiger charge is -1.89. The van der Waals surface area contributed by atoms with Gasteiger partial charge in [-0.2, -0.15) is 0 Å². The van der Waals surface area contributed by atoms with Crippen LogP contribution >= 0.6 is 37.7 Å². The van der Waals surface area contributed by atoms with Crippen molar-refractivity contribution < 1.29 is 4.74 Å². The summed E-state index contributed by atoms with van der Waals surface area (Å²) >= 11 is 5.18. The first-order valence-corrected chi connectivity index (χ1v) is 13.2. The summed E-state index contributed by atoms with van der Waals surface area (Å²) in [6.45, 7) is 3.07. The standard InChI is InChI=1S/C5H12O.2HI.Mg/c1-3-4-5-6-2;;;/h3-5H2,1-2H3;2*1H;/q;;;+2/p-2. The highest BCUT2D eigenvalue weighted by Gasteiger charge is 1.74. The van der Waals surface area contributed by atoms with Gasteiger partial charge in [-0.1, -0.05) is 13.3 Å². The minimum Gasteiger partial charge on any atom is -0.385 e. The first-order valence-electron chi connectivity index (χ1n) is 2.94. The summed E-state index contributed by atoms with van der Waals surface area (Å²) in [5, 5.41) is 0. The zero-order valence-electron chi connectivity index (χ0n) is 5.99. The molecule has 0 aromatic rings. The molecule has 0 saturated carbocycles. The van der Waals surface area contributed by atoms with Crippen LogP contribution in [0.2, 0.25) is 0 Å². The van der Waals surface area contributed by atoms with Gasteiger partial charge in [-0.15, -0.1) is 0 Å². The Balaban J connectivity index is 0. The molecule has 0 aromatic heterocycles. The van der Waals surface area contributed by atoms with Crippen LogP contribution < -0.4 is 0 Å². The van der Waals surface area contributed by atoms with E-state index in [1.54, 1.807) is 7.11 Å². The van der Waals surface area contributed by atoms with Crippen LogP contribution in [0.4, 0.5) is 0 Å². The third-order valence-electron chi connectivity index (χ3n) is 0.702. The van der Waals surface area contributed by atoms with Gasteiger partial charge in [0.1, 0.15) is 0 Å². The fourth-order valence-corrected chi connectivity index (χ4v) is 0.289. The molecule has 0 radical (unpaired) electrons. The zero-order chi connectivity index (χ0) is 7.54. The van der Waals surface area contributed by atoms with Crippen molar-refractivity contribution in [3.05, 3.63) is 0 Å². The van der Waals surface area contributed by atoms with Gasteiger partial charge in [0.05, 0.1) is 0 Å². The molecule has 1 nitrogen and oxygen atoms in total. The van der Waals surface area contributed by atoms with E-state index in [0.29, 0.717) is 12.6 Å². The summed E-state index contributed by atoms with van der Waals surface area (Å²) in [6.07, 6.45) is 2.42. The highest BCUT2D eigenvalue weighted by atomic mass is 127. The van der Waals surface area contributed by atoms with Crippen LogP contribution in [0, 0.1) is 0 Å². The molecule has 0 unspecified atom stereocenters. The third kappa shape index (κ3) is 25.4. The van der Waals surface area contributed by atoms with Crippen molar-refractivity contribution in [2.24, 2.45) is 0 Å². The van der Waals surface area contributed by atoms with Crippen LogP contribution in [0.1, 0.15) is 19.8 Å². The topological polar surface area (TPSA) is 9.23 Å². The summed E-state index contributed by atoms with van der Waals surface area (Å²) in [5.41, 5.74) is 0. The third-order valence-corrected chi connectivity index (χ3v) is 0.702. The summed E-state index contributed by atoms with van der Waals surface area (Å²) in [4.78, 5) is 0. The second-order valence-corrected chi connectivity index (χ2v) is 15.0. The van der Waals surface area contributed by atoms with Crippen LogP contribution in [0.3, 0.4) is 0 Å². The first kappa shape index (κ1) is 13.8. The van der Waals surface area contributed by atoms with E-state index in [-0.39, 0.29) is 0 Å². The Kier molecular flexibility index (Phi) is 25.4. The molecule has 0 saturated heterocycles. The van der Waals surface area contributed by atoms with Gasteiger partial charge in [0.2, 0.25) is 0 Å². The molecule has 0 aromatic carbocycles. The SMILES string of the molecule is CCCCOC.[I][Mg][I]. The average Bonchev–Trinajstić information content (AvgIpc) is 1.86. The highest BCUT2D eigenvalue weighted by molar-refractivity contribution is 14.3. The van der Waals surface area contributed by atoms with Crippen LogP contribution in [0.15, 0.2) is 0 Å². The molecular formula is C5H12I2MgO. The Morgan fingerprint density at radius 2 is 1.89 bits per heavy atom. The van der Waals surface area contributed by atoms with Crippen LogP contribution in [0.25, 0.3) is 0 Å². The van der Waals surface area contributed by atoms with E-state index in [2.05, 4.69) is 44.6 Å². The predicted octanol–water partition coefficient (Wildman–Crippen LogP) is 2.82. The van der Waals surface area contributed by atoms with Crippen molar-refractivity contribution in [2.75, 3.05) is 13.7 Å². The largest absolute Gasteiger partial charge is 0.552 e. The van der Waals surface area contributed by atoms with Gasteiger partial charge in [-0.05, 0) is 6.42 Å². The van der Waals surface area contributed by atoms with E-state index >= 15 is 0 Å². The normalized spacial score (nSPS) is 7.11. The first-order chi connectivity index (χ1) is 4.33. The van der Waals surface area contributed by atoms with Gasteiger partial charge in [0, 0.05) is 13.7 Å². The Hall–Kier alpha value is 2.19. The number of halogens is 2. The molecule has 0 N–H and O–H groups in total. The molecule has 0 atom stereocenters. The van der Waals surface area contributed by atoms with E-state index in [0.717, 1.165) is 6.61 Å². The molecular weight excluding hydrogens is 354 g/mol. The average molecular weight is 366 g/mol. The van der Waals surface area contributed by atoms with Crippen molar-refractivity contribution in [1.29, 1.82) is 0 Å². The molecule has 0 aliphatic rings. The Morgan fingerprint density at radius 1 is 1.44 bits per heavy atom. The van der Waals surface area contributed by atoms with Crippen LogP contribution in [-0.4, -0.2) is 26.3 Å². The molecule has 0 heterocycles. The molecule has 0 spiro atoms. The van der Waals surface area contributed by atoms with Gasteiger partial charge in [-0.25, -0.2) is 0 Å². The van der Waals surface area contributed by atoms with Crippen molar-refractivity contribution in [3.63, 3.8) is 0 Å². The predicted molar refractivity (Wildman–Crippen MR) is 60.6 cm³/mol. The monoisotopic (exact) mass is 366 g/mol. The Bertz CT molecular complexity index is 34.1. The maximum absolute atomic E-state index is 4.78. The van der Waals surface area contributed by atoms with Crippen LogP contribution in [-0.2, 0) is 4.74 Å². The molecule has 0 bridgehead atoms. The number of unbranched alkanes of at least 4 members (excludes halogenated alkanes) is 1. The maximum atomic E-state index is 4.78. The van der Waals surface area contributed by atoms with E-state index in [1.807, 2.05) is 0 Å². The van der Waals surface area contributed by atoms with E-state index in [9.17, 15) is 0 Å². The quantitative estimate of drug-likeness (QED) is 0.424. The minimum atomic E-state index is 0.357. The molecule has 0 fully saturated rings. The molecule has 0 amide bonds. The summed E-state index contributed by atoms with van der Waals surface area (Å²) in [6, 6.07) is 0. The second-order valence-electron chi connectivity index (χ2n) is 1.45. The number of hydrogen-bond acceptors (Lipinski definition) is 1. The molecule has 9 heavy (non-hydrogen) atoms. The molecule has 0 aliphatic heterocycles. The molecule has 54 valence electrons. The lowest BCUT2D eigenvalue weighted by molar-refractivity contribution is 0.194. The molecule has 0 aliphatic carbocycles.